The second-order valence-electron chi connectivity index (χ2n) is 6.63. The Morgan fingerprint density at radius 2 is 2.12 bits per heavy atom. The van der Waals surface area contributed by atoms with Crippen LogP contribution in [-0.4, -0.2) is 41.4 Å². The number of hydrogen-bond acceptors (Lipinski definition) is 3. The second-order valence-corrected chi connectivity index (χ2v) is 6.63. The molecule has 1 aromatic heterocycles. The van der Waals surface area contributed by atoms with E-state index in [0.29, 0.717) is 12.6 Å². The van der Waals surface area contributed by atoms with Crippen molar-refractivity contribution in [2.75, 3.05) is 24.5 Å². The molecule has 0 amide bonds. The van der Waals surface area contributed by atoms with E-state index < -0.39 is 0 Å². The number of aromatic nitrogens is 2. The average molecular weight is 340 g/mol. The summed E-state index contributed by atoms with van der Waals surface area (Å²) in [5.41, 5.74) is 3.72. The normalized spacial score (nSPS) is 17.8. The number of rotatable bonds is 5. The molecule has 0 spiro atoms. The van der Waals surface area contributed by atoms with Crippen molar-refractivity contribution < 1.29 is 0 Å². The van der Waals surface area contributed by atoms with Crippen LogP contribution in [0.2, 0.25) is 0 Å². The number of benzene rings is 1. The Kier molecular flexibility index (Phi) is 5.58. The lowest BCUT2D eigenvalue weighted by molar-refractivity contribution is 0.649. The van der Waals surface area contributed by atoms with Gasteiger partial charge >= 0.3 is 0 Å². The fourth-order valence-electron chi connectivity index (χ4n) is 3.11. The highest BCUT2D eigenvalue weighted by Gasteiger charge is 2.23. The third-order valence-electron chi connectivity index (χ3n) is 4.45. The third-order valence-corrected chi connectivity index (χ3v) is 4.45. The first-order chi connectivity index (χ1) is 12.1. The molecule has 3 rings (SSSR count). The van der Waals surface area contributed by atoms with Crippen LogP contribution in [0.3, 0.4) is 0 Å². The van der Waals surface area contributed by atoms with Gasteiger partial charge in [0.15, 0.2) is 5.96 Å². The fourth-order valence-corrected chi connectivity index (χ4v) is 3.11. The first-order valence-electron chi connectivity index (χ1n) is 8.98. The Labute approximate surface area is 149 Å². The van der Waals surface area contributed by atoms with Crippen LogP contribution in [0.4, 0.5) is 5.69 Å². The number of aliphatic imine (C=N–C) groups is 1. The average Bonchev–Trinajstić information content (AvgIpc) is 3.23. The maximum atomic E-state index is 4.69. The topological polar surface area (TPSA) is 57.5 Å². The van der Waals surface area contributed by atoms with Crippen molar-refractivity contribution in [1.29, 1.82) is 0 Å². The third kappa shape index (κ3) is 4.75. The van der Waals surface area contributed by atoms with Crippen LogP contribution in [-0.2, 0) is 13.6 Å². The van der Waals surface area contributed by atoms with E-state index in [2.05, 4.69) is 58.7 Å². The number of nitrogens with one attached hydrogen (secondary N) is 2. The summed E-state index contributed by atoms with van der Waals surface area (Å²) >= 11 is 0. The quantitative estimate of drug-likeness (QED) is 0.646. The highest BCUT2D eigenvalue weighted by Crippen LogP contribution is 2.20. The SMILES string of the molecule is CCNC(=NCc1cnn(C)c1)NC1CCN(c2ccc(C)cc2)C1. The van der Waals surface area contributed by atoms with Crippen molar-refractivity contribution in [3.8, 4) is 0 Å². The second kappa shape index (κ2) is 8.05. The Morgan fingerprint density at radius 3 is 2.80 bits per heavy atom. The first-order valence-corrected chi connectivity index (χ1v) is 8.98. The van der Waals surface area contributed by atoms with Crippen LogP contribution in [0.15, 0.2) is 41.7 Å². The summed E-state index contributed by atoms with van der Waals surface area (Å²) in [6.07, 6.45) is 4.98. The monoisotopic (exact) mass is 340 g/mol. The molecular formula is C19H28N6. The predicted octanol–water partition coefficient (Wildman–Crippen LogP) is 2.06. The van der Waals surface area contributed by atoms with Crippen molar-refractivity contribution in [1.82, 2.24) is 20.4 Å². The minimum Gasteiger partial charge on any atom is -0.369 e. The van der Waals surface area contributed by atoms with Gasteiger partial charge in [0.05, 0.1) is 12.7 Å². The number of guanidine groups is 1. The smallest absolute Gasteiger partial charge is 0.191 e. The van der Waals surface area contributed by atoms with E-state index in [9.17, 15) is 0 Å². The molecule has 1 aromatic carbocycles. The van der Waals surface area contributed by atoms with Crippen LogP contribution >= 0.6 is 0 Å². The van der Waals surface area contributed by atoms with Gasteiger partial charge in [-0.05, 0) is 32.4 Å². The molecule has 6 nitrogen and oxygen atoms in total. The molecule has 1 aliphatic heterocycles. The van der Waals surface area contributed by atoms with Gasteiger partial charge in [0.1, 0.15) is 0 Å². The maximum Gasteiger partial charge on any atom is 0.191 e. The van der Waals surface area contributed by atoms with Gasteiger partial charge in [0.2, 0.25) is 0 Å². The molecule has 2 aromatic rings. The number of nitrogens with zero attached hydrogens (tertiary/aromatic N) is 4. The minimum atomic E-state index is 0.410. The van der Waals surface area contributed by atoms with Gasteiger partial charge in [0, 0.05) is 50.2 Å². The highest BCUT2D eigenvalue weighted by atomic mass is 15.3. The van der Waals surface area contributed by atoms with E-state index >= 15 is 0 Å². The molecule has 25 heavy (non-hydrogen) atoms. The van der Waals surface area contributed by atoms with E-state index in [0.717, 1.165) is 37.6 Å². The van der Waals surface area contributed by atoms with Gasteiger partial charge < -0.3 is 15.5 Å². The molecule has 2 heterocycles. The molecule has 6 heteroatoms. The lowest BCUT2D eigenvalue weighted by Gasteiger charge is -2.20. The van der Waals surface area contributed by atoms with Gasteiger partial charge in [-0.3, -0.25) is 4.68 Å². The van der Waals surface area contributed by atoms with Crippen molar-refractivity contribution in [2.45, 2.75) is 32.9 Å². The Bertz CT molecular complexity index is 703. The molecule has 0 aliphatic carbocycles. The predicted molar refractivity (Wildman–Crippen MR) is 103 cm³/mol. The van der Waals surface area contributed by atoms with Crippen molar-refractivity contribution in [2.24, 2.45) is 12.0 Å². The van der Waals surface area contributed by atoms with Crippen molar-refractivity contribution in [3.05, 3.63) is 47.8 Å². The largest absolute Gasteiger partial charge is 0.369 e. The molecule has 1 unspecified atom stereocenters. The Balaban J connectivity index is 1.58. The molecule has 0 radical (unpaired) electrons. The van der Waals surface area contributed by atoms with Crippen LogP contribution in [0, 0.1) is 6.92 Å². The lowest BCUT2D eigenvalue weighted by Crippen LogP contribution is -2.44. The zero-order valence-electron chi connectivity index (χ0n) is 15.4. The van der Waals surface area contributed by atoms with Gasteiger partial charge in [-0.2, -0.15) is 5.10 Å². The zero-order valence-corrected chi connectivity index (χ0v) is 15.4. The molecule has 1 saturated heterocycles. The minimum absolute atomic E-state index is 0.410. The van der Waals surface area contributed by atoms with Gasteiger partial charge in [-0.25, -0.2) is 4.99 Å². The van der Waals surface area contributed by atoms with Crippen LogP contribution in [0.25, 0.3) is 0 Å². The molecule has 0 bridgehead atoms. The molecule has 134 valence electrons. The molecule has 2 N–H and O–H groups in total. The fraction of sp³-hybridized carbons (Fsp3) is 0.474. The summed E-state index contributed by atoms with van der Waals surface area (Å²) in [5.74, 6) is 0.877. The maximum absolute atomic E-state index is 4.69. The molecule has 1 aliphatic rings. The number of anilines is 1. The number of aryl methyl sites for hydroxylation is 2. The van der Waals surface area contributed by atoms with Crippen molar-refractivity contribution >= 4 is 11.6 Å². The van der Waals surface area contributed by atoms with Gasteiger partial charge in [-0.15, -0.1) is 0 Å². The molecule has 0 saturated carbocycles. The zero-order chi connectivity index (χ0) is 17.6. The van der Waals surface area contributed by atoms with Gasteiger partial charge in [-0.1, -0.05) is 17.7 Å². The van der Waals surface area contributed by atoms with Crippen LogP contribution in [0.1, 0.15) is 24.5 Å². The van der Waals surface area contributed by atoms with Crippen LogP contribution < -0.4 is 15.5 Å². The lowest BCUT2D eigenvalue weighted by atomic mass is 10.2. The summed E-state index contributed by atoms with van der Waals surface area (Å²) in [6, 6.07) is 9.18. The summed E-state index contributed by atoms with van der Waals surface area (Å²) in [6.45, 7) is 7.78. The summed E-state index contributed by atoms with van der Waals surface area (Å²) < 4.78 is 1.81. The standard InChI is InChI=1S/C19H28N6/c1-4-20-19(21-11-16-12-22-24(3)13-16)23-17-9-10-25(14-17)18-7-5-15(2)6-8-18/h5-8,12-13,17H,4,9-11,14H2,1-3H3,(H2,20,21,23). The van der Waals surface area contributed by atoms with E-state index in [-0.39, 0.29) is 0 Å². The Hall–Kier alpha value is -2.50. The first kappa shape index (κ1) is 17.3. The van der Waals surface area contributed by atoms with Gasteiger partial charge in [0.25, 0.3) is 0 Å². The van der Waals surface area contributed by atoms with E-state index in [1.165, 1.54) is 11.3 Å². The summed E-state index contributed by atoms with van der Waals surface area (Å²) in [7, 11) is 1.93. The van der Waals surface area contributed by atoms with Crippen LogP contribution in [0.5, 0.6) is 0 Å². The summed E-state index contributed by atoms with van der Waals surface area (Å²) in [4.78, 5) is 7.12. The van der Waals surface area contributed by atoms with E-state index in [4.69, 9.17) is 4.99 Å². The molecule has 1 atom stereocenters. The van der Waals surface area contributed by atoms with Crippen molar-refractivity contribution in [3.63, 3.8) is 0 Å². The molecular weight excluding hydrogens is 312 g/mol. The molecule has 1 fully saturated rings. The summed E-state index contributed by atoms with van der Waals surface area (Å²) in [5, 5.41) is 11.1. The van der Waals surface area contributed by atoms with E-state index in [1.807, 2.05) is 24.1 Å². The highest BCUT2D eigenvalue weighted by molar-refractivity contribution is 5.80. The number of hydrogen-bond donors (Lipinski definition) is 2. The Morgan fingerprint density at radius 1 is 1.32 bits per heavy atom. The van der Waals surface area contributed by atoms with E-state index in [1.54, 1.807) is 0 Å².